The number of fused-ring (bicyclic) bond motifs is 4. The van der Waals surface area contributed by atoms with E-state index in [0.29, 0.717) is 29.0 Å². The molecule has 0 radical (unpaired) electrons. The molecule has 6 aromatic carbocycles. The molecule has 19 rings (SSSR count). The highest BCUT2D eigenvalue weighted by Crippen LogP contribution is 2.70. The molecule has 6 saturated carbocycles. The molecule has 4 saturated heterocycles. The van der Waals surface area contributed by atoms with Crippen LogP contribution >= 0.6 is 0 Å². The highest BCUT2D eigenvalue weighted by molar-refractivity contribution is 6.09. The third-order valence-electron chi connectivity index (χ3n) is 29.0. The molecular formula is C101H140N6O. The first-order valence-corrected chi connectivity index (χ1v) is 41.7. The lowest BCUT2D eigenvalue weighted by molar-refractivity contribution is -0.113. The minimum atomic E-state index is -3.00. The van der Waals surface area contributed by atoms with Gasteiger partial charge in [0, 0.05) is 123 Å². The fraction of sp³-hybridized carbons (Fsp3) is 0.594. The summed E-state index contributed by atoms with van der Waals surface area (Å²) in [6, 6.07) is 48.8. The van der Waals surface area contributed by atoms with Gasteiger partial charge >= 0.3 is 0 Å². The monoisotopic (exact) mass is 1470 g/mol. The van der Waals surface area contributed by atoms with Gasteiger partial charge < -0.3 is 28.9 Å². The van der Waals surface area contributed by atoms with E-state index in [0.717, 1.165) is 75.1 Å². The van der Waals surface area contributed by atoms with Crippen LogP contribution in [0.25, 0.3) is 22.1 Å². The molecule has 2 aromatic heterocycles. The van der Waals surface area contributed by atoms with Crippen molar-refractivity contribution in [2.45, 2.75) is 339 Å². The summed E-state index contributed by atoms with van der Waals surface area (Å²) in [7, 11) is 0. The Labute approximate surface area is 676 Å². The minimum absolute atomic E-state index is 0.123. The Hall–Kier alpha value is -6.73. The quantitative estimate of drug-likeness (QED) is 0.170. The van der Waals surface area contributed by atoms with E-state index >= 15 is 0 Å². The summed E-state index contributed by atoms with van der Waals surface area (Å²) in [5, 5.41) is 2.31. The van der Waals surface area contributed by atoms with Crippen LogP contribution in [0.15, 0.2) is 150 Å². The zero-order valence-electron chi connectivity index (χ0n) is 84.5. The van der Waals surface area contributed by atoms with Crippen molar-refractivity contribution in [3.05, 3.63) is 185 Å². The maximum absolute atomic E-state index is 9.52. The van der Waals surface area contributed by atoms with E-state index in [1.165, 1.54) is 136 Å². The Morgan fingerprint density at radius 1 is 0.398 bits per heavy atom. The second kappa shape index (κ2) is 28.8. The van der Waals surface area contributed by atoms with Crippen LogP contribution < -0.4 is 24.5 Å². The zero-order chi connectivity index (χ0) is 90.1. The Kier molecular flexibility index (Phi) is 16.2. The lowest BCUT2D eigenvalue weighted by Gasteiger charge is -2.62. The summed E-state index contributed by atoms with van der Waals surface area (Å²) in [6.45, 7) is 33.4. The van der Waals surface area contributed by atoms with Crippen LogP contribution in [0.3, 0.4) is 0 Å². The lowest BCUT2D eigenvalue weighted by Crippen LogP contribution is -2.57. The van der Waals surface area contributed by atoms with Crippen molar-refractivity contribution < 1.29 is 25.0 Å². The molecule has 6 unspecified atom stereocenters. The molecule has 10 fully saturated rings. The second-order valence-corrected chi connectivity index (χ2v) is 37.8. The standard InChI is InChI=1S/C25H32N2O.C23H33N.C19H29N.C18H21N.C16H25N/c1-16-9-11-19-20-12-10-17(2)26-23(20)28-22(19)21(16)27-18(3)25(15-24(27,4)5)13-7-6-8-14-25;1-15-7-5-6-8-21(15)24-16(2)23(14-22(24,3)4)19-10-17-9-18(12-19)13-20(23)11-17;1-15-10-6-7-11-17(15)20-16(2)19(14-18(20,3)4)12-8-5-9-13-19;1-13-9-5-7-11-16(13)19-14(2)18(3,4)15-10-6-8-12-17(15)19;1-12-9-7-8-10-14(12)17-13(2)15(3,4)11-16(17,5)6/h9-12,18H,6-8,13-15H2,1-5H3;5-8,16-20H,9-14H2,1-4H3;6-7,10-11,16H,5,8-9,12-14H2,1-4H3;5-12,14H,1-4H3;7-10,13H,11H2,1-6H3/i;2*14D2;3D3;3D3,4D3,11D2. The van der Waals surface area contributed by atoms with Crippen LogP contribution in [0.2, 0.25) is 0 Å². The van der Waals surface area contributed by atoms with Crippen molar-refractivity contribution in [1.82, 2.24) is 4.98 Å². The number of anilines is 6. The van der Waals surface area contributed by atoms with E-state index in [1.54, 1.807) is 30.9 Å². The van der Waals surface area contributed by atoms with Crippen molar-refractivity contribution in [1.29, 1.82) is 0 Å². The second-order valence-electron chi connectivity index (χ2n) is 37.8. The molecule has 6 atom stereocenters. The van der Waals surface area contributed by atoms with Gasteiger partial charge in [0.25, 0.3) is 0 Å². The lowest BCUT2D eigenvalue weighted by atomic mass is 9.43. The van der Waals surface area contributed by atoms with Crippen LogP contribution in [0.4, 0.5) is 34.1 Å². The number of aryl methyl sites for hydroxylation is 6. The van der Waals surface area contributed by atoms with Gasteiger partial charge in [0.05, 0.1) is 5.69 Å². The Morgan fingerprint density at radius 3 is 1.35 bits per heavy atom. The number of rotatable bonds is 5. The maximum Gasteiger partial charge on any atom is 0.227 e. The topological polar surface area (TPSA) is 42.2 Å². The van der Waals surface area contributed by atoms with E-state index in [4.69, 9.17) is 22.2 Å². The third kappa shape index (κ3) is 13.5. The number of benzene rings is 6. The van der Waals surface area contributed by atoms with Gasteiger partial charge in [0.1, 0.15) is 0 Å². The van der Waals surface area contributed by atoms with Gasteiger partial charge in [0.2, 0.25) is 5.71 Å². The molecule has 8 aromatic rings. The van der Waals surface area contributed by atoms with E-state index in [2.05, 4.69) is 200 Å². The summed E-state index contributed by atoms with van der Waals surface area (Å²) in [5.41, 5.74) is 10.4. The van der Waals surface area contributed by atoms with Crippen LogP contribution in [0.1, 0.15) is 299 Å². The Morgan fingerprint density at radius 2 is 0.843 bits per heavy atom. The molecule has 6 aliphatic carbocycles. The number of furan rings is 1. The van der Waals surface area contributed by atoms with Crippen molar-refractivity contribution >= 4 is 56.2 Å². The molecule has 7 heteroatoms. The van der Waals surface area contributed by atoms with Crippen LogP contribution in [0, 0.1) is 86.9 Å². The van der Waals surface area contributed by atoms with Crippen molar-refractivity contribution in [3.8, 4) is 0 Å². The summed E-state index contributed by atoms with van der Waals surface area (Å²) in [5.74, 6) is 2.89. The van der Waals surface area contributed by atoms with Crippen LogP contribution in [-0.2, 0) is 5.41 Å². The fourth-order valence-electron chi connectivity index (χ4n) is 24.3. The van der Waals surface area contributed by atoms with Gasteiger partial charge in [-0.25, -0.2) is 4.98 Å². The first-order valence-electron chi connectivity index (χ1n) is 49.2. The summed E-state index contributed by atoms with van der Waals surface area (Å²) < 4.78 is 133. The molecule has 4 bridgehead atoms. The third-order valence-corrected chi connectivity index (χ3v) is 29.0. The number of hydrogen-bond acceptors (Lipinski definition) is 7. The zero-order valence-corrected chi connectivity index (χ0v) is 69.5. The van der Waals surface area contributed by atoms with Crippen LogP contribution in [-0.4, -0.2) is 57.3 Å². The number of pyridine rings is 1. The van der Waals surface area contributed by atoms with Crippen molar-refractivity contribution in [2.75, 3.05) is 24.5 Å². The molecule has 11 aliphatic rings. The van der Waals surface area contributed by atoms with Gasteiger partial charge in [-0.15, -0.1) is 0 Å². The number of nitrogens with zero attached hydrogens (tertiary/aromatic N) is 6. The first-order chi connectivity index (χ1) is 57.1. The van der Waals surface area contributed by atoms with E-state index in [1.807, 2.05) is 76.2 Å². The molecular weight excluding hydrogens is 1310 g/mol. The van der Waals surface area contributed by atoms with Crippen molar-refractivity contribution in [3.63, 3.8) is 0 Å². The van der Waals surface area contributed by atoms with Gasteiger partial charge in [-0.05, 0) is 336 Å². The van der Waals surface area contributed by atoms with Crippen LogP contribution in [0.5, 0.6) is 0 Å². The molecule has 7 heterocycles. The average molecular weight is 1470 g/mol. The van der Waals surface area contributed by atoms with Gasteiger partial charge in [-0.2, -0.15) is 0 Å². The van der Waals surface area contributed by atoms with Gasteiger partial charge in [0.15, 0.2) is 5.58 Å². The molecule has 7 nitrogen and oxygen atoms in total. The average Bonchev–Trinajstić information content (AvgIpc) is 1.51. The molecule has 580 valence electrons. The van der Waals surface area contributed by atoms with E-state index in [-0.39, 0.29) is 34.5 Å². The minimum Gasteiger partial charge on any atom is -0.436 e. The number of hydrogen-bond donors (Lipinski definition) is 0. The summed E-state index contributed by atoms with van der Waals surface area (Å²) in [4.78, 5) is 16.0. The molecule has 5 aliphatic heterocycles. The van der Waals surface area contributed by atoms with Crippen molar-refractivity contribution in [2.24, 2.45) is 45.3 Å². The SMILES string of the molecule is Cc1ccc2c(n1)oc1c(N3C(C)C4(CCCCC4)CC3(C)C)c(C)ccc12.[2H]C([2H])([2H])C1(C([2H])([2H])[2H])C(C)N(c2ccccc2C)C(C)(C)C1([2H])[2H].[2H]C([2H])([2H])C1(C)c2ccccc2N(c2ccccc2C)C1C.[2H]C1([2H])C2(C3CC4CC(C3)CC2C4)C(C)N(c2ccccc2C)C1(C)C.[2H]C1([2H])C2(CCCCC2)C(C)N(c2ccccc2C)C1(C)C. The number of para-hydroxylation sites is 5. The predicted octanol–water partition coefficient (Wildman–Crippen LogP) is 27.3. The molecule has 0 amide bonds. The Bertz CT molecular complexity index is 5150. The molecule has 0 N–H and O–H groups in total. The summed E-state index contributed by atoms with van der Waals surface area (Å²) in [6.07, 6.45) is 15.5. The highest BCUT2D eigenvalue weighted by Gasteiger charge is 2.66. The Balaban J connectivity index is 0.000000126. The maximum atomic E-state index is 9.52. The highest BCUT2D eigenvalue weighted by atomic mass is 16.3. The first kappa shape index (κ1) is 60.9. The predicted molar refractivity (Wildman–Crippen MR) is 464 cm³/mol. The van der Waals surface area contributed by atoms with Gasteiger partial charge in [-0.3, -0.25) is 0 Å². The fourth-order valence-corrected chi connectivity index (χ4v) is 24.3. The molecule has 3 spiro atoms. The summed E-state index contributed by atoms with van der Waals surface area (Å²) >= 11 is 0. The van der Waals surface area contributed by atoms with E-state index < -0.39 is 73.2 Å². The number of aromatic nitrogens is 1. The molecule has 108 heavy (non-hydrogen) atoms. The normalized spacial score (nSPS) is 33.9. The van der Waals surface area contributed by atoms with Gasteiger partial charge in [-0.1, -0.05) is 169 Å². The smallest absolute Gasteiger partial charge is 0.227 e. The largest absolute Gasteiger partial charge is 0.436 e. The van der Waals surface area contributed by atoms with E-state index in [9.17, 15) is 2.74 Å².